The molecular weight excluding hydrogens is 242 g/mol. The van der Waals surface area contributed by atoms with Crippen LogP contribution in [0.15, 0.2) is 0 Å². The highest BCUT2D eigenvalue weighted by atomic mass is 28.3. The van der Waals surface area contributed by atoms with E-state index in [2.05, 4.69) is 27.0 Å². The molecule has 3 nitrogen and oxygen atoms in total. The highest BCUT2D eigenvalue weighted by Gasteiger charge is 2.23. The second-order valence-corrected chi connectivity index (χ2v) is 11.6. The molecule has 0 radical (unpaired) electrons. The average Bonchev–Trinajstić information content (AvgIpc) is 2.40. The van der Waals surface area contributed by atoms with Crippen LogP contribution in [0.3, 0.4) is 0 Å². The largest absolute Gasteiger partial charge is 0.332 e. The second kappa shape index (κ2) is 7.04. The molecule has 5 heteroatoms. The summed E-state index contributed by atoms with van der Waals surface area (Å²) in [5.41, 5.74) is 0. The molecule has 100 valence electrons. The topological polar surface area (TPSA) is 9.72 Å². The van der Waals surface area contributed by atoms with Gasteiger partial charge < -0.3 is 13.4 Å². The van der Waals surface area contributed by atoms with Gasteiger partial charge in [0, 0.05) is 0 Å². The van der Waals surface area contributed by atoms with Crippen molar-refractivity contribution < 1.29 is 0 Å². The normalized spacial score (nSPS) is 27.0. The van der Waals surface area contributed by atoms with Crippen molar-refractivity contribution >= 4 is 19.0 Å². The molecule has 0 bridgehead atoms. The molecule has 0 spiro atoms. The van der Waals surface area contributed by atoms with Crippen LogP contribution in [-0.2, 0) is 0 Å². The van der Waals surface area contributed by atoms with Gasteiger partial charge in [-0.3, -0.25) is 0 Å². The summed E-state index contributed by atoms with van der Waals surface area (Å²) in [7, 11) is 1.53. The highest BCUT2D eigenvalue weighted by molar-refractivity contribution is 6.60. The maximum Gasteiger partial charge on any atom is 0.180 e. The molecule has 2 aliphatic heterocycles. The van der Waals surface area contributed by atoms with Crippen LogP contribution in [0.4, 0.5) is 0 Å². The lowest BCUT2D eigenvalue weighted by Crippen LogP contribution is -2.56. The molecule has 2 rings (SSSR count). The fourth-order valence-corrected chi connectivity index (χ4v) is 8.47. The van der Waals surface area contributed by atoms with E-state index in [4.69, 9.17) is 0 Å². The van der Waals surface area contributed by atoms with Gasteiger partial charge in [-0.25, -0.2) is 0 Å². The summed E-state index contributed by atoms with van der Waals surface area (Å²) < 4.78 is 8.41. The molecule has 0 aliphatic carbocycles. The molecule has 1 atom stereocenters. The molecular formula is C12H29N3Si2. The summed E-state index contributed by atoms with van der Waals surface area (Å²) in [5, 5.41) is 0. The first kappa shape index (κ1) is 13.7. The van der Waals surface area contributed by atoms with Crippen LogP contribution in [0.2, 0.25) is 6.55 Å². The summed E-state index contributed by atoms with van der Waals surface area (Å²) >= 11 is 0. The van der Waals surface area contributed by atoms with Gasteiger partial charge in [-0.15, -0.1) is 0 Å². The summed E-state index contributed by atoms with van der Waals surface area (Å²) in [4.78, 5) is 0. The molecule has 2 fully saturated rings. The summed E-state index contributed by atoms with van der Waals surface area (Å²) in [6.45, 7) is 8.08. The minimum Gasteiger partial charge on any atom is -0.332 e. The lowest BCUT2D eigenvalue weighted by Gasteiger charge is -2.39. The van der Waals surface area contributed by atoms with Crippen molar-refractivity contribution in [3.8, 4) is 0 Å². The summed E-state index contributed by atoms with van der Waals surface area (Å²) in [6, 6.07) is 0. The fraction of sp³-hybridized carbons (Fsp3) is 1.00. The van der Waals surface area contributed by atoms with Crippen molar-refractivity contribution in [3.05, 3.63) is 0 Å². The summed E-state index contributed by atoms with van der Waals surface area (Å²) in [5.74, 6) is 0. The maximum absolute atomic E-state index is 2.82. The van der Waals surface area contributed by atoms with Gasteiger partial charge in [0.2, 0.25) is 0 Å². The van der Waals surface area contributed by atoms with Gasteiger partial charge in [0.15, 0.2) is 19.0 Å². The first-order chi connectivity index (χ1) is 8.27. The molecule has 2 heterocycles. The standard InChI is InChI=1S/C12H29N3Si2/c1-13(16-14-9-5-3-6-10-14)17(2)15-11-7-4-8-12-15/h17H,3-12,16H2,1-2H3. The Hall–Kier alpha value is 0.314. The van der Waals surface area contributed by atoms with Crippen molar-refractivity contribution in [2.45, 2.75) is 45.1 Å². The van der Waals surface area contributed by atoms with Gasteiger partial charge in [-0.1, -0.05) is 12.8 Å². The van der Waals surface area contributed by atoms with E-state index < -0.39 is 9.12 Å². The number of hydrogen-bond donors (Lipinski definition) is 0. The summed E-state index contributed by atoms with van der Waals surface area (Å²) in [6.07, 6.45) is 8.70. The van der Waals surface area contributed by atoms with Crippen LogP contribution in [0.25, 0.3) is 0 Å². The van der Waals surface area contributed by atoms with Crippen molar-refractivity contribution in [2.75, 3.05) is 33.2 Å². The highest BCUT2D eigenvalue weighted by Crippen LogP contribution is 2.13. The number of nitrogens with zero attached hydrogens (tertiary/aromatic N) is 3. The van der Waals surface area contributed by atoms with Gasteiger partial charge in [-0.2, -0.15) is 0 Å². The molecule has 0 saturated carbocycles. The van der Waals surface area contributed by atoms with E-state index in [1.165, 1.54) is 64.7 Å². The van der Waals surface area contributed by atoms with Crippen LogP contribution < -0.4 is 0 Å². The number of rotatable bonds is 4. The predicted octanol–water partition coefficient (Wildman–Crippen LogP) is 0.739. The van der Waals surface area contributed by atoms with E-state index in [0.717, 1.165) is 0 Å². The van der Waals surface area contributed by atoms with E-state index in [1.54, 1.807) is 0 Å². The van der Waals surface area contributed by atoms with Crippen LogP contribution in [-0.4, -0.2) is 65.6 Å². The van der Waals surface area contributed by atoms with Gasteiger partial charge in [0.25, 0.3) is 0 Å². The van der Waals surface area contributed by atoms with Crippen molar-refractivity contribution in [1.82, 2.24) is 13.4 Å². The minimum absolute atomic E-state index is 0.116. The predicted molar refractivity (Wildman–Crippen MR) is 80.2 cm³/mol. The number of piperidine rings is 2. The van der Waals surface area contributed by atoms with E-state index in [9.17, 15) is 0 Å². The quantitative estimate of drug-likeness (QED) is 0.699. The third kappa shape index (κ3) is 4.17. The lowest BCUT2D eigenvalue weighted by atomic mass is 10.2. The van der Waals surface area contributed by atoms with Gasteiger partial charge in [0.1, 0.15) is 0 Å². The maximum atomic E-state index is 2.82. The Bertz CT molecular complexity index is 216. The Morgan fingerprint density at radius 2 is 1.41 bits per heavy atom. The van der Waals surface area contributed by atoms with Crippen LogP contribution >= 0.6 is 0 Å². The minimum atomic E-state index is -0.762. The monoisotopic (exact) mass is 271 g/mol. The molecule has 0 N–H and O–H groups in total. The third-order valence-corrected chi connectivity index (χ3v) is 10.8. The first-order valence-electron chi connectivity index (χ1n) is 7.44. The third-order valence-electron chi connectivity index (χ3n) is 4.43. The van der Waals surface area contributed by atoms with E-state index >= 15 is 0 Å². The Morgan fingerprint density at radius 1 is 0.882 bits per heavy atom. The molecule has 0 aromatic rings. The van der Waals surface area contributed by atoms with Crippen molar-refractivity contribution in [2.24, 2.45) is 0 Å². The Labute approximate surface area is 111 Å². The molecule has 0 aromatic heterocycles. The smallest absolute Gasteiger partial charge is 0.180 e. The van der Waals surface area contributed by atoms with E-state index in [0.29, 0.717) is 0 Å². The van der Waals surface area contributed by atoms with E-state index in [1.807, 2.05) is 0 Å². The first-order valence-corrected chi connectivity index (χ1v) is 10.9. The average molecular weight is 272 g/mol. The zero-order valence-electron chi connectivity index (χ0n) is 11.7. The van der Waals surface area contributed by atoms with Crippen LogP contribution in [0.1, 0.15) is 38.5 Å². The molecule has 2 saturated heterocycles. The van der Waals surface area contributed by atoms with Gasteiger partial charge in [0.05, 0.1) is 0 Å². The van der Waals surface area contributed by atoms with Crippen LogP contribution in [0, 0.1) is 0 Å². The van der Waals surface area contributed by atoms with Crippen molar-refractivity contribution in [1.29, 1.82) is 0 Å². The Balaban J connectivity index is 1.75. The second-order valence-electron chi connectivity index (χ2n) is 5.81. The number of hydrogen-bond acceptors (Lipinski definition) is 3. The molecule has 17 heavy (non-hydrogen) atoms. The molecule has 1 unspecified atom stereocenters. The fourth-order valence-electron chi connectivity index (χ4n) is 3.11. The van der Waals surface area contributed by atoms with Crippen molar-refractivity contribution in [3.63, 3.8) is 0 Å². The molecule has 2 aliphatic rings. The zero-order valence-corrected chi connectivity index (χ0v) is 14.3. The SMILES string of the molecule is CN([SiH2]N1CCCCC1)[SiH](C)N1CCCCC1. The van der Waals surface area contributed by atoms with E-state index in [-0.39, 0.29) is 9.84 Å². The Morgan fingerprint density at radius 3 is 2.00 bits per heavy atom. The molecule has 0 amide bonds. The molecule has 0 aromatic carbocycles. The van der Waals surface area contributed by atoms with Gasteiger partial charge in [-0.05, 0) is 65.5 Å². The lowest BCUT2D eigenvalue weighted by molar-refractivity contribution is 0.324. The van der Waals surface area contributed by atoms with Gasteiger partial charge >= 0.3 is 0 Å². The Kier molecular flexibility index (Phi) is 5.69. The van der Waals surface area contributed by atoms with Crippen LogP contribution in [0.5, 0.6) is 0 Å². The zero-order chi connectivity index (χ0) is 12.1.